The van der Waals surface area contributed by atoms with Gasteiger partial charge in [-0.3, -0.25) is 11.3 Å². The van der Waals surface area contributed by atoms with E-state index in [0.717, 1.165) is 23.7 Å². The second-order valence-electron chi connectivity index (χ2n) is 6.00. The van der Waals surface area contributed by atoms with Crippen LogP contribution in [0, 0.1) is 23.7 Å². The average molecular weight is 208 g/mol. The molecule has 3 aliphatic rings. The zero-order valence-electron chi connectivity index (χ0n) is 9.62. The van der Waals surface area contributed by atoms with E-state index in [1.54, 1.807) is 0 Å². The molecule has 0 aromatic rings. The van der Waals surface area contributed by atoms with E-state index in [-0.39, 0.29) is 0 Å². The average Bonchev–Trinajstić information content (AvgIpc) is 2.73. The van der Waals surface area contributed by atoms with Gasteiger partial charge in [0.1, 0.15) is 0 Å². The lowest BCUT2D eigenvalue weighted by molar-refractivity contribution is 0.332. The van der Waals surface area contributed by atoms with Crippen molar-refractivity contribution in [1.82, 2.24) is 5.43 Å². The molecule has 86 valence electrons. The quantitative estimate of drug-likeness (QED) is 0.550. The van der Waals surface area contributed by atoms with Crippen molar-refractivity contribution < 1.29 is 0 Å². The van der Waals surface area contributed by atoms with Gasteiger partial charge in [-0.15, -0.1) is 0 Å². The molecule has 15 heavy (non-hydrogen) atoms. The standard InChI is InChI=1S/C13H24N2/c14-15-12(8-9-4-1-2-5-9)13-10-6-3-7-11(10)13/h9-13,15H,1-8,14H2. The molecule has 3 unspecified atom stereocenters. The van der Waals surface area contributed by atoms with Crippen LogP contribution in [0.3, 0.4) is 0 Å². The lowest BCUT2D eigenvalue weighted by Crippen LogP contribution is -2.39. The van der Waals surface area contributed by atoms with Gasteiger partial charge in [-0.25, -0.2) is 0 Å². The summed E-state index contributed by atoms with van der Waals surface area (Å²) in [6.07, 6.45) is 11.6. The summed E-state index contributed by atoms with van der Waals surface area (Å²) in [5.41, 5.74) is 3.12. The number of hydrogen-bond acceptors (Lipinski definition) is 2. The number of fused-ring (bicyclic) bond motifs is 1. The van der Waals surface area contributed by atoms with Crippen LogP contribution < -0.4 is 11.3 Å². The van der Waals surface area contributed by atoms with E-state index in [0.29, 0.717) is 6.04 Å². The minimum absolute atomic E-state index is 0.642. The summed E-state index contributed by atoms with van der Waals surface area (Å²) in [6, 6.07) is 0.642. The first kappa shape index (κ1) is 10.1. The summed E-state index contributed by atoms with van der Waals surface area (Å²) in [7, 11) is 0. The van der Waals surface area contributed by atoms with Crippen LogP contribution in [0.15, 0.2) is 0 Å². The van der Waals surface area contributed by atoms with Crippen molar-refractivity contribution in [3.8, 4) is 0 Å². The van der Waals surface area contributed by atoms with Crippen molar-refractivity contribution in [2.75, 3.05) is 0 Å². The minimum Gasteiger partial charge on any atom is -0.271 e. The van der Waals surface area contributed by atoms with Gasteiger partial charge in [0, 0.05) is 6.04 Å². The van der Waals surface area contributed by atoms with Crippen LogP contribution in [-0.4, -0.2) is 6.04 Å². The lowest BCUT2D eigenvalue weighted by atomic mass is 9.93. The highest BCUT2D eigenvalue weighted by Crippen LogP contribution is 2.59. The van der Waals surface area contributed by atoms with Crippen LogP contribution in [0.25, 0.3) is 0 Å². The van der Waals surface area contributed by atoms with Crippen molar-refractivity contribution >= 4 is 0 Å². The Morgan fingerprint density at radius 2 is 1.67 bits per heavy atom. The second-order valence-corrected chi connectivity index (χ2v) is 6.00. The zero-order chi connectivity index (χ0) is 10.3. The number of nitrogens with two attached hydrogens (primary N) is 1. The predicted octanol–water partition coefficient (Wildman–Crippen LogP) is 2.44. The maximum atomic E-state index is 5.75. The third kappa shape index (κ3) is 1.83. The van der Waals surface area contributed by atoms with Crippen molar-refractivity contribution in [2.24, 2.45) is 29.5 Å². The summed E-state index contributed by atoms with van der Waals surface area (Å²) >= 11 is 0. The smallest absolute Gasteiger partial charge is 0.0246 e. The van der Waals surface area contributed by atoms with Crippen LogP contribution in [0.4, 0.5) is 0 Å². The molecular formula is C13H24N2. The Morgan fingerprint density at radius 3 is 2.27 bits per heavy atom. The molecule has 0 spiro atoms. The molecule has 3 saturated carbocycles. The number of rotatable bonds is 4. The van der Waals surface area contributed by atoms with Gasteiger partial charge in [-0.2, -0.15) is 0 Å². The molecular weight excluding hydrogens is 184 g/mol. The normalized spacial score (nSPS) is 41.8. The second kappa shape index (κ2) is 4.06. The van der Waals surface area contributed by atoms with E-state index in [1.165, 1.54) is 51.4 Å². The van der Waals surface area contributed by atoms with E-state index in [4.69, 9.17) is 5.84 Å². The fraction of sp³-hybridized carbons (Fsp3) is 1.00. The van der Waals surface area contributed by atoms with E-state index in [1.807, 2.05) is 0 Å². The number of nitrogens with one attached hydrogen (secondary N) is 1. The molecule has 3 atom stereocenters. The maximum Gasteiger partial charge on any atom is 0.0246 e. The third-order valence-electron chi connectivity index (χ3n) is 5.21. The van der Waals surface area contributed by atoms with Crippen molar-refractivity contribution in [3.05, 3.63) is 0 Å². The van der Waals surface area contributed by atoms with Gasteiger partial charge >= 0.3 is 0 Å². The third-order valence-corrected chi connectivity index (χ3v) is 5.21. The summed E-state index contributed by atoms with van der Waals surface area (Å²) < 4.78 is 0. The van der Waals surface area contributed by atoms with Crippen molar-refractivity contribution in [3.63, 3.8) is 0 Å². The van der Waals surface area contributed by atoms with Crippen molar-refractivity contribution in [1.29, 1.82) is 0 Å². The number of hydrogen-bond donors (Lipinski definition) is 2. The van der Waals surface area contributed by atoms with Gasteiger partial charge in [0.25, 0.3) is 0 Å². The van der Waals surface area contributed by atoms with Gasteiger partial charge in [0.05, 0.1) is 0 Å². The molecule has 3 rings (SSSR count). The fourth-order valence-corrected chi connectivity index (χ4v) is 4.42. The Balaban J connectivity index is 1.53. The van der Waals surface area contributed by atoms with Gasteiger partial charge < -0.3 is 0 Å². The Morgan fingerprint density at radius 1 is 1.00 bits per heavy atom. The van der Waals surface area contributed by atoms with Crippen molar-refractivity contribution in [2.45, 2.75) is 57.4 Å². The van der Waals surface area contributed by atoms with Crippen LogP contribution in [0.2, 0.25) is 0 Å². The van der Waals surface area contributed by atoms with Gasteiger partial charge in [0.15, 0.2) is 0 Å². The molecule has 0 heterocycles. The zero-order valence-corrected chi connectivity index (χ0v) is 9.62. The highest BCUT2D eigenvalue weighted by Gasteiger charge is 2.55. The first-order valence-electron chi connectivity index (χ1n) is 6.86. The van der Waals surface area contributed by atoms with Gasteiger partial charge in [0.2, 0.25) is 0 Å². The summed E-state index contributed by atoms with van der Waals surface area (Å²) in [5.74, 6) is 9.77. The highest BCUT2D eigenvalue weighted by atomic mass is 15.2. The molecule has 0 amide bonds. The van der Waals surface area contributed by atoms with E-state index in [9.17, 15) is 0 Å². The van der Waals surface area contributed by atoms with Crippen LogP contribution >= 0.6 is 0 Å². The molecule has 0 aliphatic heterocycles. The maximum absolute atomic E-state index is 5.75. The SMILES string of the molecule is NNC(CC1CCCC1)C1C2CCCC21. The Kier molecular flexibility index (Phi) is 2.73. The Hall–Kier alpha value is -0.0800. The summed E-state index contributed by atoms with van der Waals surface area (Å²) in [5, 5.41) is 0. The molecule has 0 bridgehead atoms. The molecule has 0 aromatic heterocycles. The highest BCUT2D eigenvalue weighted by molar-refractivity contribution is 5.06. The molecule has 3 N–H and O–H groups in total. The monoisotopic (exact) mass is 208 g/mol. The van der Waals surface area contributed by atoms with Crippen LogP contribution in [-0.2, 0) is 0 Å². The van der Waals surface area contributed by atoms with Gasteiger partial charge in [-0.05, 0) is 42.9 Å². The first-order chi connectivity index (χ1) is 7.40. The molecule has 0 saturated heterocycles. The minimum atomic E-state index is 0.642. The molecule has 3 aliphatic carbocycles. The topological polar surface area (TPSA) is 38.0 Å². The molecule has 0 radical (unpaired) electrons. The van der Waals surface area contributed by atoms with Gasteiger partial charge in [-0.1, -0.05) is 32.1 Å². The Labute approximate surface area is 93.0 Å². The van der Waals surface area contributed by atoms with E-state index in [2.05, 4.69) is 5.43 Å². The number of hydrazine groups is 1. The van der Waals surface area contributed by atoms with Crippen LogP contribution in [0.1, 0.15) is 51.4 Å². The van der Waals surface area contributed by atoms with E-state index < -0.39 is 0 Å². The molecule has 3 fully saturated rings. The summed E-state index contributed by atoms with van der Waals surface area (Å²) in [6.45, 7) is 0. The lowest BCUT2D eigenvalue weighted by Gasteiger charge is -2.21. The first-order valence-corrected chi connectivity index (χ1v) is 6.86. The molecule has 0 aromatic carbocycles. The Bertz CT molecular complexity index is 213. The predicted molar refractivity (Wildman–Crippen MR) is 62.0 cm³/mol. The summed E-state index contributed by atoms with van der Waals surface area (Å²) in [4.78, 5) is 0. The fourth-order valence-electron chi connectivity index (χ4n) is 4.42. The van der Waals surface area contributed by atoms with E-state index >= 15 is 0 Å². The molecule has 2 nitrogen and oxygen atoms in total. The largest absolute Gasteiger partial charge is 0.271 e. The van der Waals surface area contributed by atoms with Crippen LogP contribution in [0.5, 0.6) is 0 Å². The molecule has 2 heteroatoms.